The fourth-order valence-corrected chi connectivity index (χ4v) is 3.08. The van der Waals surface area contributed by atoms with Gasteiger partial charge in [-0.15, -0.1) is 0 Å². The van der Waals surface area contributed by atoms with Gasteiger partial charge in [0.2, 0.25) is 5.82 Å². The number of nitro groups is 1. The van der Waals surface area contributed by atoms with Crippen molar-refractivity contribution in [3.63, 3.8) is 0 Å². The van der Waals surface area contributed by atoms with Gasteiger partial charge < -0.3 is 14.7 Å². The highest BCUT2D eigenvalue weighted by Gasteiger charge is 2.29. The van der Waals surface area contributed by atoms with Crippen molar-refractivity contribution in [1.29, 1.82) is 0 Å². The number of carboxylic acids is 1. The molecule has 0 bridgehead atoms. The monoisotopic (exact) mass is 363 g/mol. The molecule has 0 spiro atoms. The van der Waals surface area contributed by atoms with Gasteiger partial charge in [0.05, 0.1) is 4.92 Å². The summed E-state index contributed by atoms with van der Waals surface area (Å²) < 4.78 is 5.41. The Morgan fingerprint density at radius 1 is 1.50 bits per heavy atom. The first-order chi connectivity index (χ1) is 12.3. The third kappa shape index (κ3) is 5.01. The molecule has 1 N–H and O–H groups in total. The van der Waals surface area contributed by atoms with Crippen molar-refractivity contribution >= 4 is 23.0 Å². The zero-order chi connectivity index (χ0) is 19.3. The maximum Gasteiger partial charge on any atom is 0.328 e. The Kier molecular flexibility index (Phi) is 6.68. The number of anilines is 1. The van der Waals surface area contributed by atoms with Crippen LogP contribution < -0.4 is 4.90 Å². The van der Waals surface area contributed by atoms with E-state index in [0.717, 1.165) is 18.9 Å². The van der Waals surface area contributed by atoms with Crippen LogP contribution in [0.3, 0.4) is 0 Å². The van der Waals surface area contributed by atoms with E-state index in [1.54, 1.807) is 6.92 Å². The summed E-state index contributed by atoms with van der Waals surface area (Å²) in [4.78, 5) is 28.4. The molecule has 8 heteroatoms. The molecular formula is C18H25N3O5. The van der Waals surface area contributed by atoms with Gasteiger partial charge in [0.15, 0.2) is 0 Å². The smallest absolute Gasteiger partial charge is 0.328 e. The predicted octanol–water partition coefficient (Wildman–Crippen LogP) is 3.12. The lowest BCUT2D eigenvalue weighted by molar-refractivity contribution is -0.384. The molecule has 1 aromatic heterocycles. The maximum atomic E-state index is 11.7. The minimum atomic E-state index is -1.10. The van der Waals surface area contributed by atoms with Crippen molar-refractivity contribution in [2.45, 2.75) is 39.7 Å². The Balaban J connectivity index is 2.46. The van der Waals surface area contributed by atoms with E-state index in [4.69, 9.17) is 9.84 Å². The van der Waals surface area contributed by atoms with Crippen LogP contribution in [0.25, 0.3) is 5.57 Å². The maximum absolute atomic E-state index is 11.7. The molecule has 1 aromatic rings. The van der Waals surface area contributed by atoms with Gasteiger partial charge in [-0.05, 0) is 31.3 Å². The van der Waals surface area contributed by atoms with E-state index in [1.807, 2.05) is 4.90 Å². The molecule has 0 radical (unpaired) electrons. The molecule has 142 valence electrons. The van der Waals surface area contributed by atoms with Gasteiger partial charge >= 0.3 is 11.7 Å². The number of ether oxygens (including phenoxy) is 1. The molecule has 1 fully saturated rings. The number of carbonyl (C=O) groups is 1. The Morgan fingerprint density at radius 2 is 2.15 bits per heavy atom. The van der Waals surface area contributed by atoms with Crippen molar-refractivity contribution in [2.75, 3.05) is 24.7 Å². The summed E-state index contributed by atoms with van der Waals surface area (Å²) in [5, 5.41) is 20.6. The van der Waals surface area contributed by atoms with Crippen LogP contribution in [0.2, 0.25) is 0 Å². The van der Waals surface area contributed by atoms with E-state index in [1.165, 1.54) is 12.3 Å². The molecule has 8 nitrogen and oxygen atoms in total. The summed E-state index contributed by atoms with van der Waals surface area (Å²) in [6, 6.07) is 1.54. The summed E-state index contributed by atoms with van der Waals surface area (Å²) in [5.41, 5.74) is 0.744. The van der Waals surface area contributed by atoms with Gasteiger partial charge in [0.1, 0.15) is 0 Å². The lowest BCUT2D eigenvalue weighted by Crippen LogP contribution is -2.42. The van der Waals surface area contributed by atoms with Crippen LogP contribution in [0.5, 0.6) is 0 Å². The number of hydrogen-bond donors (Lipinski definition) is 1. The molecule has 2 heterocycles. The minimum absolute atomic E-state index is 0.104. The lowest BCUT2D eigenvalue weighted by Gasteiger charge is -2.36. The molecule has 0 atom stereocenters. The van der Waals surface area contributed by atoms with Crippen LogP contribution in [-0.4, -0.2) is 46.8 Å². The third-order valence-corrected chi connectivity index (χ3v) is 4.30. The van der Waals surface area contributed by atoms with Crippen LogP contribution in [-0.2, 0) is 9.53 Å². The van der Waals surface area contributed by atoms with Gasteiger partial charge in [-0.25, -0.2) is 9.78 Å². The topological polar surface area (TPSA) is 106 Å². The second-order valence-corrected chi connectivity index (χ2v) is 6.88. The quantitative estimate of drug-likeness (QED) is 0.451. The van der Waals surface area contributed by atoms with E-state index in [0.29, 0.717) is 42.6 Å². The molecule has 0 amide bonds. The molecule has 26 heavy (non-hydrogen) atoms. The number of allylic oxidation sites excluding steroid dienone is 1. The summed E-state index contributed by atoms with van der Waals surface area (Å²) >= 11 is 0. The van der Waals surface area contributed by atoms with Crippen molar-refractivity contribution in [2.24, 2.45) is 5.92 Å². The number of carboxylic acid groups (broad SMARTS) is 1. The van der Waals surface area contributed by atoms with Crippen molar-refractivity contribution in [1.82, 2.24) is 4.98 Å². The molecule has 2 rings (SSSR count). The molecule has 1 aliphatic heterocycles. The van der Waals surface area contributed by atoms with Gasteiger partial charge in [-0.2, -0.15) is 0 Å². The zero-order valence-electron chi connectivity index (χ0n) is 15.3. The average molecular weight is 363 g/mol. The summed E-state index contributed by atoms with van der Waals surface area (Å²) in [6.07, 6.45) is 4.12. The molecule has 0 saturated carbocycles. The molecule has 1 saturated heterocycles. The van der Waals surface area contributed by atoms with Crippen molar-refractivity contribution < 1.29 is 19.6 Å². The number of hydrogen-bond acceptors (Lipinski definition) is 6. The standard InChI is InChI=1S/C18H25N3O5/c1-12(2)11-20(15-4-6-26-7-5-15)18-16(21(24)25)9-14(10-19-18)13(3)8-17(22)23/h8-10,12,15H,4-7,11H2,1-3H3,(H,22,23)/b13-8+. The number of pyridine rings is 1. The van der Waals surface area contributed by atoms with Crippen LogP contribution in [0.15, 0.2) is 18.3 Å². The van der Waals surface area contributed by atoms with Crippen LogP contribution in [0, 0.1) is 16.0 Å². The first-order valence-corrected chi connectivity index (χ1v) is 8.70. The van der Waals surface area contributed by atoms with E-state index in [9.17, 15) is 14.9 Å². The first kappa shape index (κ1) is 19.8. The highest BCUT2D eigenvalue weighted by molar-refractivity contribution is 5.89. The molecule has 0 aromatic carbocycles. The Labute approximate surface area is 152 Å². The second kappa shape index (κ2) is 8.75. The molecule has 0 aliphatic carbocycles. The normalized spacial score (nSPS) is 15.9. The molecule has 1 aliphatic rings. The molecular weight excluding hydrogens is 338 g/mol. The van der Waals surface area contributed by atoms with Crippen LogP contribution in [0.1, 0.15) is 39.2 Å². The summed E-state index contributed by atoms with van der Waals surface area (Å²) in [5.74, 6) is -0.451. The second-order valence-electron chi connectivity index (χ2n) is 6.88. The number of nitrogens with zero attached hydrogens (tertiary/aromatic N) is 3. The summed E-state index contributed by atoms with van der Waals surface area (Å²) in [7, 11) is 0. The van der Waals surface area contributed by atoms with Gasteiger partial charge in [0, 0.05) is 49.7 Å². The lowest BCUT2D eigenvalue weighted by atomic mass is 10.0. The van der Waals surface area contributed by atoms with Crippen LogP contribution in [0.4, 0.5) is 11.5 Å². The Hall–Kier alpha value is -2.48. The predicted molar refractivity (Wildman–Crippen MR) is 98.2 cm³/mol. The van der Waals surface area contributed by atoms with Crippen molar-refractivity contribution in [3.05, 3.63) is 34.0 Å². The van der Waals surface area contributed by atoms with E-state index in [-0.39, 0.29) is 11.7 Å². The number of rotatable bonds is 7. The summed E-state index contributed by atoms with van der Waals surface area (Å²) in [6.45, 7) is 7.64. The van der Waals surface area contributed by atoms with E-state index < -0.39 is 10.9 Å². The molecule has 0 unspecified atom stereocenters. The highest BCUT2D eigenvalue weighted by Crippen LogP contribution is 2.32. The Bertz CT molecular complexity index is 696. The third-order valence-electron chi connectivity index (χ3n) is 4.30. The zero-order valence-corrected chi connectivity index (χ0v) is 15.3. The van der Waals surface area contributed by atoms with Gasteiger partial charge in [0.25, 0.3) is 0 Å². The SMILES string of the molecule is C/C(=C\C(=O)O)c1cnc(N(CC(C)C)C2CCOCC2)c([N+](=O)[O-])c1. The number of aromatic nitrogens is 1. The van der Waals surface area contributed by atoms with Gasteiger partial charge in [-0.1, -0.05) is 13.8 Å². The van der Waals surface area contributed by atoms with E-state index >= 15 is 0 Å². The Morgan fingerprint density at radius 3 is 2.69 bits per heavy atom. The van der Waals surface area contributed by atoms with Gasteiger partial charge in [-0.3, -0.25) is 10.1 Å². The largest absolute Gasteiger partial charge is 0.478 e. The minimum Gasteiger partial charge on any atom is -0.478 e. The fraction of sp³-hybridized carbons (Fsp3) is 0.556. The van der Waals surface area contributed by atoms with Crippen LogP contribution >= 0.6 is 0 Å². The van der Waals surface area contributed by atoms with E-state index in [2.05, 4.69) is 18.8 Å². The number of aliphatic carboxylic acids is 1. The van der Waals surface area contributed by atoms with Crippen molar-refractivity contribution in [3.8, 4) is 0 Å². The highest BCUT2D eigenvalue weighted by atomic mass is 16.6. The fourth-order valence-electron chi connectivity index (χ4n) is 3.08. The first-order valence-electron chi connectivity index (χ1n) is 8.70. The average Bonchev–Trinajstić information content (AvgIpc) is 2.59.